The number of para-hydroxylation sites is 1. The summed E-state index contributed by atoms with van der Waals surface area (Å²) in [6.07, 6.45) is 0. The quantitative estimate of drug-likeness (QED) is 0.788. The lowest BCUT2D eigenvalue weighted by Crippen LogP contribution is -2.28. The van der Waals surface area contributed by atoms with E-state index in [-0.39, 0.29) is 24.0 Å². The highest BCUT2D eigenvalue weighted by molar-refractivity contribution is 7.89. The molecule has 0 fully saturated rings. The number of nitrogens with one attached hydrogen (secondary N) is 1. The summed E-state index contributed by atoms with van der Waals surface area (Å²) < 4.78 is 28.0. The molecule has 0 radical (unpaired) electrons. The van der Waals surface area contributed by atoms with Crippen molar-refractivity contribution in [3.8, 4) is 5.75 Å². The van der Waals surface area contributed by atoms with Gasteiger partial charge in [-0.3, -0.25) is 4.79 Å². The first-order chi connectivity index (χ1) is 11.8. The second kappa shape index (κ2) is 8.13. The van der Waals surface area contributed by atoms with Gasteiger partial charge in [0.2, 0.25) is 10.0 Å². The normalized spacial score (nSPS) is 11.4. The summed E-state index contributed by atoms with van der Waals surface area (Å²) in [5.74, 6) is 0.746. The molecule has 1 amide bonds. The summed E-state index contributed by atoms with van der Waals surface area (Å²) in [7, 11) is -3.71. The number of carbonyl (C=O) groups excluding carboxylic acids is 1. The molecule has 7 heteroatoms. The van der Waals surface area contributed by atoms with Gasteiger partial charge in [0, 0.05) is 6.54 Å². The molecule has 2 rings (SSSR count). The minimum Gasteiger partial charge on any atom is -0.483 e. The van der Waals surface area contributed by atoms with Gasteiger partial charge in [-0.05, 0) is 35.2 Å². The Hall–Kier alpha value is -2.38. The molecule has 0 aliphatic heterocycles. The van der Waals surface area contributed by atoms with Crippen LogP contribution >= 0.6 is 0 Å². The lowest BCUT2D eigenvalue weighted by atomic mass is 10.0. The monoisotopic (exact) mass is 362 g/mol. The van der Waals surface area contributed by atoms with E-state index in [1.165, 1.54) is 12.1 Å². The highest BCUT2D eigenvalue weighted by Crippen LogP contribution is 2.25. The molecule has 0 spiro atoms. The number of sulfonamides is 1. The Kier molecular flexibility index (Phi) is 6.17. The van der Waals surface area contributed by atoms with E-state index in [0.717, 1.165) is 11.1 Å². The van der Waals surface area contributed by atoms with Gasteiger partial charge in [0.15, 0.2) is 6.61 Å². The van der Waals surface area contributed by atoms with Crippen molar-refractivity contribution in [2.75, 3.05) is 6.61 Å². The summed E-state index contributed by atoms with van der Waals surface area (Å²) >= 11 is 0. The number of primary sulfonamides is 1. The lowest BCUT2D eigenvalue weighted by molar-refractivity contribution is -0.123. The molecule has 0 saturated carbocycles. The fourth-order valence-corrected chi connectivity index (χ4v) is 2.80. The Labute approximate surface area is 148 Å². The molecule has 0 aliphatic rings. The molecule has 2 aromatic carbocycles. The van der Waals surface area contributed by atoms with Crippen molar-refractivity contribution in [3.63, 3.8) is 0 Å². The van der Waals surface area contributed by atoms with Crippen LogP contribution in [0.5, 0.6) is 5.75 Å². The van der Waals surface area contributed by atoms with Crippen LogP contribution in [0.15, 0.2) is 53.4 Å². The van der Waals surface area contributed by atoms with Gasteiger partial charge in [0.05, 0.1) is 4.90 Å². The van der Waals surface area contributed by atoms with Crippen LogP contribution in [0.25, 0.3) is 0 Å². The van der Waals surface area contributed by atoms with Crippen LogP contribution in [-0.4, -0.2) is 20.9 Å². The smallest absolute Gasteiger partial charge is 0.258 e. The van der Waals surface area contributed by atoms with Gasteiger partial charge >= 0.3 is 0 Å². The van der Waals surface area contributed by atoms with E-state index in [2.05, 4.69) is 19.2 Å². The number of rotatable bonds is 7. The van der Waals surface area contributed by atoms with E-state index >= 15 is 0 Å². The van der Waals surface area contributed by atoms with Crippen molar-refractivity contribution >= 4 is 15.9 Å². The average Bonchev–Trinajstić information content (AvgIpc) is 2.58. The van der Waals surface area contributed by atoms with Crippen molar-refractivity contribution in [1.82, 2.24) is 5.32 Å². The van der Waals surface area contributed by atoms with Gasteiger partial charge < -0.3 is 10.1 Å². The van der Waals surface area contributed by atoms with Gasteiger partial charge in [-0.25, -0.2) is 13.6 Å². The van der Waals surface area contributed by atoms with E-state index in [1.807, 2.05) is 24.3 Å². The van der Waals surface area contributed by atoms with Crippen LogP contribution < -0.4 is 15.2 Å². The molecule has 0 aromatic heterocycles. The van der Waals surface area contributed by atoms with Crippen molar-refractivity contribution in [2.24, 2.45) is 5.14 Å². The fourth-order valence-electron chi connectivity index (χ4n) is 2.28. The first-order valence-corrected chi connectivity index (χ1v) is 9.42. The number of amides is 1. The largest absolute Gasteiger partial charge is 0.483 e. The van der Waals surface area contributed by atoms with E-state index < -0.39 is 10.0 Å². The SMILES string of the molecule is CC(C)c1ccccc1OCC(=O)NCc1ccc(S(N)(=O)=O)cc1. The van der Waals surface area contributed by atoms with Crippen molar-refractivity contribution in [1.29, 1.82) is 0 Å². The molecule has 6 nitrogen and oxygen atoms in total. The Balaban J connectivity index is 1.87. The predicted octanol–water partition coefficient (Wildman–Crippen LogP) is 2.15. The van der Waals surface area contributed by atoms with Gasteiger partial charge in [0.1, 0.15) is 5.75 Å². The molecule has 3 N–H and O–H groups in total. The summed E-state index contributed by atoms with van der Waals surface area (Å²) in [4.78, 5) is 12.0. The van der Waals surface area contributed by atoms with E-state index in [1.54, 1.807) is 12.1 Å². The van der Waals surface area contributed by atoms with E-state index in [4.69, 9.17) is 9.88 Å². The molecule has 25 heavy (non-hydrogen) atoms. The maximum absolute atomic E-state index is 11.9. The van der Waals surface area contributed by atoms with E-state index in [9.17, 15) is 13.2 Å². The van der Waals surface area contributed by atoms with Crippen LogP contribution in [0.3, 0.4) is 0 Å². The first kappa shape index (κ1) is 19.0. The molecule has 134 valence electrons. The predicted molar refractivity (Wildman–Crippen MR) is 95.7 cm³/mol. The number of hydrogen-bond donors (Lipinski definition) is 2. The van der Waals surface area contributed by atoms with Crippen molar-refractivity contribution < 1.29 is 17.9 Å². The number of benzene rings is 2. The summed E-state index contributed by atoms with van der Waals surface area (Å²) in [6, 6.07) is 13.7. The molecule has 0 aliphatic carbocycles. The molecule has 0 unspecified atom stereocenters. The Morgan fingerprint density at radius 3 is 2.36 bits per heavy atom. The first-order valence-electron chi connectivity index (χ1n) is 7.87. The van der Waals surface area contributed by atoms with Gasteiger partial charge in [-0.15, -0.1) is 0 Å². The molecule has 2 aromatic rings. The lowest BCUT2D eigenvalue weighted by Gasteiger charge is -2.13. The average molecular weight is 362 g/mol. The topological polar surface area (TPSA) is 98.5 Å². The van der Waals surface area contributed by atoms with Crippen LogP contribution in [0.2, 0.25) is 0 Å². The summed E-state index contributed by atoms with van der Waals surface area (Å²) in [6.45, 7) is 4.32. The molecule has 0 atom stereocenters. The number of carbonyl (C=O) groups is 1. The summed E-state index contributed by atoms with van der Waals surface area (Å²) in [5.41, 5.74) is 1.82. The van der Waals surface area contributed by atoms with Crippen LogP contribution in [0, 0.1) is 0 Å². The second-order valence-corrected chi connectivity index (χ2v) is 7.51. The van der Waals surface area contributed by atoms with Crippen LogP contribution in [-0.2, 0) is 21.4 Å². The molecular formula is C18H22N2O4S. The molecule has 0 bridgehead atoms. The van der Waals surface area contributed by atoms with Crippen LogP contribution in [0.4, 0.5) is 0 Å². The third-order valence-corrected chi connectivity index (χ3v) is 4.57. The zero-order valence-corrected chi connectivity index (χ0v) is 15.0. The maximum Gasteiger partial charge on any atom is 0.258 e. The standard InChI is InChI=1S/C18H22N2O4S/c1-13(2)16-5-3-4-6-17(16)24-12-18(21)20-11-14-7-9-15(10-8-14)25(19,22)23/h3-10,13H,11-12H2,1-2H3,(H,20,21)(H2,19,22,23). The third-order valence-electron chi connectivity index (χ3n) is 3.64. The minimum atomic E-state index is -3.71. The zero-order chi connectivity index (χ0) is 18.4. The van der Waals surface area contributed by atoms with Crippen molar-refractivity contribution in [3.05, 3.63) is 59.7 Å². The van der Waals surface area contributed by atoms with Gasteiger partial charge in [-0.2, -0.15) is 0 Å². The fraction of sp³-hybridized carbons (Fsp3) is 0.278. The highest BCUT2D eigenvalue weighted by atomic mass is 32.2. The Bertz CT molecular complexity index is 830. The van der Waals surface area contributed by atoms with E-state index in [0.29, 0.717) is 11.7 Å². The highest BCUT2D eigenvalue weighted by Gasteiger charge is 2.10. The van der Waals surface area contributed by atoms with Gasteiger partial charge in [-0.1, -0.05) is 44.2 Å². The Morgan fingerprint density at radius 2 is 1.76 bits per heavy atom. The second-order valence-electron chi connectivity index (χ2n) is 5.95. The number of ether oxygens (including phenoxy) is 1. The molecule has 0 heterocycles. The molecular weight excluding hydrogens is 340 g/mol. The van der Waals surface area contributed by atoms with Crippen LogP contribution in [0.1, 0.15) is 30.9 Å². The Morgan fingerprint density at radius 1 is 1.12 bits per heavy atom. The van der Waals surface area contributed by atoms with Gasteiger partial charge in [0.25, 0.3) is 5.91 Å². The number of hydrogen-bond acceptors (Lipinski definition) is 4. The number of nitrogens with two attached hydrogens (primary N) is 1. The van der Waals surface area contributed by atoms with Crippen molar-refractivity contribution in [2.45, 2.75) is 31.2 Å². The zero-order valence-electron chi connectivity index (χ0n) is 14.2. The maximum atomic E-state index is 11.9. The summed E-state index contributed by atoms with van der Waals surface area (Å²) in [5, 5.41) is 7.77. The third kappa shape index (κ3) is 5.58. The minimum absolute atomic E-state index is 0.0382. The molecule has 0 saturated heterocycles.